The maximum Gasteiger partial charge on any atom is 0.147 e. The van der Waals surface area contributed by atoms with E-state index in [0.717, 1.165) is 16.9 Å². The van der Waals surface area contributed by atoms with Crippen LogP contribution in [0.25, 0.3) is 11.3 Å². The second kappa shape index (κ2) is 5.97. The Balaban J connectivity index is 2.15. The van der Waals surface area contributed by atoms with Gasteiger partial charge in [0.05, 0.1) is 6.04 Å². The lowest BCUT2D eigenvalue weighted by Gasteiger charge is -2.10. The van der Waals surface area contributed by atoms with Crippen LogP contribution < -0.4 is 5.32 Å². The van der Waals surface area contributed by atoms with Gasteiger partial charge in [-0.05, 0) is 6.92 Å². The first kappa shape index (κ1) is 14.4. The number of benzene rings is 1. The Morgan fingerprint density at radius 1 is 1.20 bits per heavy atom. The smallest absolute Gasteiger partial charge is 0.147 e. The van der Waals surface area contributed by atoms with Crippen LogP contribution in [0.5, 0.6) is 0 Å². The molecule has 2 rings (SSSR count). The molecule has 20 heavy (non-hydrogen) atoms. The monoisotopic (exact) mass is 284 g/mol. The summed E-state index contributed by atoms with van der Waals surface area (Å²) in [6, 6.07) is 10.1. The van der Waals surface area contributed by atoms with Gasteiger partial charge < -0.3 is 9.84 Å². The van der Waals surface area contributed by atoms with Crippen LogP contribution in [-0.2, 0) is 0 Å². The summed E-state index contributed by atoms with van der Waals surface area (Å²) in [5.41, 5.74) is 6.11. The van der Waals surface area contributed by atoms with Crippen molar-refractivity contribution in [2.75, 3.05) is 5.32 Å². The number of aromatic nitrogens is 1. The molecule has 1 aromatic heterocycles. The van der Waals surface area contributed by atoms with Gasteiger partial charge in [-0.2, -0.15) is 0 Å². The molecule has 0 spiro atoms. The molecular weight excluding hydrogens is 264 g/mol. The van der Waals surface area contributed by atoms with Gasteiger partial charge in [-0.3, -0.25) is 0 Å². The van der Waals surface area contributed by atoms with Crippen molar-refractivity contribution in [1.82, 2.24) is 5.16 Å². The average Bonchev–Trinajstić information content (AvgIpc) is 2.85. The molecule has 0 fully saturated rings. The molecule has 1 N–H and O–H groups in total. The highest BCUT2D eigenvalue weighted by Gasteiger charge is 2.12. The first-order chi connectivity index (χ1) is 9.46. The van der Waals surface area contributed by atoms with E-state index < -0.39 is 8.07 Å². The number of rotatable bonds is 3. The number of anilines is 1. The zero-order chi connectivity index (χ0) is 14.6. The van der Waals surface area contributed by atoms with Crippen molar-refractivity contribution in [2.45, 2.75) is 32.6 Å². The van der Waals surface area contributed by atoms with Crippen LogP contribution in [0.1, 0.15) is 6.92 Å². The average molecular weight is 284 g/mol. The fourth-order valence-electron chi connectivity index (χ4n) is 1.74. The highest BCUT2D eigenvalue weighted by molar-refractivity contribution is 6.83. The first-order valence-corrected chi connectivity index (χ1v) is 10.2. The molecule has 0 aliphatic heterocycles. The van der Waals surface area contributed by atoms with Crippen LogP contribution >= 0.6 is 0 Å². The third-order valence-electron chi connectivity index (χ3n) is 2.65. The van der Waals surface area contributed by atoms with Crippen LogP contribution in [0.15, 0.2) is 41.1 Å². The van der Waals surface area contributed by atoms with Crippen molar-refractivity contribution in [2.24, 2.45) is 0 Å². The van der Waals surface area contributed by atoms with E-state index >= 15 is 0 Å². The molecule has 0 amide bonds. The van der Waals surface area contributed by atoms with E-state index in [9.17, 15) is 0 Å². The highest BCUT2D eigenvalue weighted by atomic mass is 28.3. The van der Waals surface area contributed by atoms with Gasteiger partial charge in [-0.15, -0.1) is 5.54 Å². The lowest BCUT2D eigenvalue weighted by molar-refractivity contribution is 0.422. The standard InChI is InChI=1S/C16H20N2OSi/c1-13(10-11-20(2,3)4)17-15-12-19-18-16(15)14-8-6-5-7-9-14/h5-9,12-13,17H,1-4H3. The molecule has 0 aliphatic carbocycles. The Morgan fingerprint density at radius 3 is 2.55 bits per heavy atom. The van der Waals surface area contributed by atoms with Gasteiger partial charge in [0.15, 0.2) is 0 Å². The van der Waals surface area contributed by atoms with Gasteiger partial charge in [0.25, 0.3) is 0 Å². The molecule has 0 bridgehead atoms. The Hall–Kier alpha value is -1.99. The molecule has 1 heterocycles. The first-order valence-electron chi connectivity index (χ1n) is 6.75. The summed E-state index contributed by atoms with van der Waals surface area (Å²) in [6.07, 6.45) is 1.63. The maximum absolute atomic E-state index is 5.09. The SMILES string of the molecule is CC(C#C[Si](C)(C)C)Nc1conc1-c1ccccc1. The molecule has 1 unspecified atom stereocenters. The van der Waals surface area contributed by atoms with Gasteiger partial charge in [-0.1, -0.05) is 61.0 Å². The zero-order valence-corrected chi connectivity index (χ0v) is 13.4. The highest BCUT2D eigenvalue weighted by Crippen LogP contribution is 2.26. The number of hydrogen-bond donors (Lipinski definition) is 1. The number of nitrogens with one attached hydrogen (secondary N) is 1. The summed E-state index contributed by atoms with van der Waals surface area (Å²) >= 11 is 0. The van der Waals surface area contributed by atoms with Crippen molar-refractivity contribution >= 4 is 13.8 Å². The van der Waals surface area contributed by atoms with Gasteiger partial charge in [0.1, 0.15) is 25.7 Å². The van der Waals surface area contributed by atoms with Crippen LogP contribution in [0.2, 0.25) is 19.6 Å². The zero-order valence-electron chi connectivity index (χ0n) is 12.4. The molecule has 0 aliphatic rings. The van der Waals surface area contributed by atoms with Crippen LogP contribution in [0.3, 0.4) is 0 Å². The summed E-state index contributed by atoms with van der Waals surface area (Å²) in [4.78, 5) is 0. The molecule has 1 atom stereocenters. The predicted octanol–water partition coefficient (Wildman–Crippen LogP) is 4.02. The summed E-state index contributed by atoms with van der Waals surface area (Å²) in [7, 11) is -1.34. The van der Waals surface area contributed by atoms with Crippen molar-refractivity contribution in [3.63, 3.8) is 0 Å². The van der Waals surface area contributed by atoms with Crippen molar-refractivity contribution in [3.05, 3.63) is 36.6 Å². The Morgan fingerprint density at radius 2 is 1.90 bits per heavy atom. The minimum absolute atomic E-state index is 0.0728. The summed E-state index contributed by atoms with van der Waals surface area (Å²) < 4.78 is 5.09. The molecule has 1 aromatic carbocycles. The molecule has 4 heteroatoms. The molecule has 104 valence electrons. The second-order valence-electron chi connectivity index (χ2n) is 5.83. The number of hydrogen-bond acceptors (Lipinski definition) is 3. The maximum atomic E-state index is 5.09. The quantitative estimate of drug-likeness (QED) is 0.683. The third-order valence-corrected chi connectivity index (χ3v) is 3.55. The van der Waals surface area contributed by atoms with Crippen LogP contribution in [-0.4, -0.2) is 19.3 Å². The van der Waals surface area contributed by atoms with Crippen LogP contribution in [0.4, 0.5) is 5.69 Å². The topological polar surface area (TPSA) is 38.1 Å². The fraction of sp³-hybridized carbons (Fsp3) is 0.312. The van der Waals surface area contributed by atoms with E-state index in [2.05, 4.69) is 48.5 Å². The Labute approximate surface area is 121 Å². The Kier molecular flexibility index (Phi) is 4.31. The minimum Gasteiger partial charge on any atom is -0.367 e. The van der Waals surface area contributed by atoms with E-state index in [1.54, 1.807) is 6.26 Å². The van der Waals surface area contributed by atoms with E-state index in [4.69, 9.17) is 4.52 Å². The third kappa shape index (κ3) is 4.00. The van der Waals surface area contributed by atoms with Gasteiger partial charge in [0, 0.05) is 5.56 Å². The molecule has 2 aromatic rings. The normalized spacial score (nSPS) is 12.4. The van der Waals surface area contributed by atoms with Crippen LogP contribution in [0, 0.1) is 11.5 Å². The van der Waals surface area contributed by atoms with Crippen molar-refractivity contribution < 1.29 is 4.52 Å². The van der Waals surface area contributed by atoms with Crippen molar-refractivity contribution in [1.29, 1.82) is 0 Å². The second-order valence-corrected chi connectivity index (χ2v) is 10.6. The molecule has 0 radical (unpaired) electrons. The minimum atomic E-state index is -1.34. The summed E-state index contributed by atoms with van der Waals surface area (Å²) in [6.45, 7) is 8.76. The fourth-order valence-corrected chi connectivity index (χ4v) is 2.39. The van der Waals surface area contributed by atoms with Gasteiger partial charge in [0.2, 0.25) is 0 Å². The molecular formula is C16H20N2OSi. The van der Waals surface area contributed by atoms with Gasteiger partial charge in [-0.25, -0.2) is 0 Å². The van der Waals surface area contributed by atoms with E-state index in [-0.39, 0.29) is 6.04 Å². The molecule has 0 saturated heterocycles. The number of nitrogens with zero attached hydrogens (tertiary/aromatic N) is 1. The summed E-state index contributed by atoms with van der Waals surface area (Å²) in [5, 5.41) is 7.43. The summed E-state index contributed by atoms with van der Waals surface area (Å²) in [5.74, 6) is 3.27. The van der Waals surface area contributed by atoms with E-state index in [1.165, 1.54) is 0 Å². The Bertz CT molecular complexity index is 617. The molecule has 3 nitrogen and oxygen atoms in total. The largest absolute Gasteiger partial charge is 0.367 e. The van der Waals surface area contributed by atoms with E-state index in [1.807, 2.05) is 30.3 Å². The van der Waals surface area contributed by atoms with Gasteiger partial charge >= 0.3 is 0 Å². The van der Waals surface area contributed by atoms with E-state index in [0.29, 0.717) is 0 Å². The lowest BCUT2D eigenvalue weighted by Crippen LogP contribution is -2.19. The lowest BCUT2D eigenvalue weighted by atomic mass is 10.1. The van der Waals surface area contributed by atoms with Crippen molar-refractivity contribution in [3.8, 4) is 22.7 Å². The molecule has 0 saturated carbocycles. The predicted molar refractivity (Wildman–Crippen MR) is 86.1 cm³/mol.